The number of nitriles is 1. The van der Waals surface area contributed by atoms with Crippen molar-refractivity contribution in [2.45, 2.75) is 13.3 Å². The molecule has 0 fully saturated rings. The molecule has 0 N–H and O–H groups in total. The van der Waals surface area contributed by atoms with E-state index in [1.165, 1.54) is 11.1 Å². The maximum Gasteiger partial charge on any atom is 0.0754 e. The van der Waals surface area contributed by atoms with Gasteiger partial charge in [0.25, 0.3) is 0 Å². The van der Waals surface area contributed by atoms with Crippen molar-refractivity contribution in [3.8, 4) is 17.3 Å². The maximum absolute atomic E-state index is 8.70. The van der Waals surface area contributed by atoms with Crippen molar-refractivity contribution in [2.75, 3.05) is 0 Å². The first kappa shape index (κ1) is 10.5. The molecule has 0 radical (unpaired) electrons. The summed E-state index contributed by atoms with van der Waals surface area (Å²) in [6.07, 6.45) is 0.461. The van der Waals surface area contributed by atoms with Gasteiger partial charge in [0, 0.05) is 18.4 Å². The number of benzene rings is 1. The molecule has 0 bridgehead atoms. The highest BCUT2D eigenvalue weighted by Crippen LogP contribution is 2.22. The van der Waals surface area contributed by atoms with E-state index in [0.29, 0.717) is 6.42 Å². The van der Waals surface area contributed by atoms with Gasteiger partial charge in [0.1, 0.15) is 0 Å². The molecule has 0 unspecified atom stereocenters. The van der Waals surface area contributed by atoms with Crippen LogP contribution >= 0.6 is 0 Å². The zero-order valence-electron chi connectivity index (χ0n) is 9.57. The first-order valence-corrected chi connectivity index (χ1v) is 5.31. The van der Waals surface area contributed by atoms with Gasteiger partial charge in [0.2, 0.25) is 0 Å². The van der Waals surface area contributed by atoms with Crippen LogP contribution in [0.4, 0.5) is 0 Å². The van der Waals surface area contributed by atoms with E-state index in [4.69, 9.17) is 5.26 Å². The van der Waals surface area contributed by atoms with Crippen LogP contribution in [0.3, 0.4) is 0 Å². The summed E-state index contributed by atoms with van der Waals surface area (Å²) in [5.41, 5.74) is 4.66. The minimum absolute atomic E-state index is 0.461. The Labute approximate surface area is 95.8 Å². The molecule has 0 atom stereocenters. The Kier molecular flexibility index (Phi) is 2.78. The first-order chi connectivity index (χ1) is 7.72. The molecule has 1 heterocycles. The lowest BCUT2D eigenvalue weighted by Gasteiger charge is -2.06. The van der Waals surface area contributed by atoms with E-state index < -0.39 is 0 Å². The predicted molar refractivity (Wildman–Crippen MR) is 64.9 cm³/mol. The van der Waals surface area contributed by atoms with Gasteiger partial charge in [-0.3, -0.25) is 0 Å². The summed E-state index contributed by atoms with van der Waals surface area (Å²) >= 11 is 0. The van der Waals surface area contributed by atoms with Gasteiger partial charge in [-0.2, -0.15) is 5.26 Å². The van der Waals surface area contributed by atoms with E-state index in [0.717, 1.165) is 11.4 Å². The molecule has 0 saturated carbocycles. The average Bonchev–Trinajstić information content (AvgIpc) is 2.63. The van der Waals surface area contributed by atoms with E-state index in [1.807, 2.05) is 13.1 Å². The Morgan fingerprint density at radius 1 is 1.12 bits per heavy atom. The first-order valence-electron chi connectivity index (χ1n) is 5.31. The van der Waals surface area contributed by atoms with Gasteiger partial charge in [0.15, 0.2) is 0 Å². The third-order valence-electron chi connectivity index (χ3n) is 2.83. The normalized spacial score (nSPS) is 10.1. The zero-order chi connectivity index (χ0) is 11.5. The molecule has 0 aliphatic carbocycles. The molecule has 16 heavy (non-hydrogen) atoms. The minimum atomic E-state index is 0.461. The Morgan fingerprint density at radius 3 is 2.44 bits per heavy atom. The number of aryl methyl sites for hydroxylation is 1. The summed E-state index contributed by atoms with van der Waals surface area (Å²) in [6, 6.07) is 14.7. The third-order valence-corrected chi connectivity index (χ3v) is 2.83. The van der Waals surface area contributed by atoms with Crippen LogP contribution in [-0.4, -0.2) is 4.57 Å². The van der Waals surface area contributed by atoms with Crippen molar-refractivity contribution < 1.29 is 0 Å². The van der Waals surface area contributed by atoms with Crippen molar-refractivity contribution in [1.29, 1.82) is 5.26 Å². The zero-order valence-corrected chi connectivity index (χ0v) is 9.57. The monoisotopic (exact) mass is 210 g/mol. The van der Waals surface area contributed by atoms with E-state index in [2.05, 4.69) is 47.9 Å². The fourth-order valence-electron chi connectivity index (χ4n) is 1.83. The second-order valence-electron chi connectivity index (χ2n) is 3.97. The summed E-state index contributed by atoms with van der Waals surface area (Å²) in [5.74, 6) is 0. The lowest BCUT2D eigenvalue weighted by molar-refractivity contribution is 0.869. The summed E-state index contributed by atoms with van der Waals surface area (Å²) in [7, 11) is 2.00. The van der Waals surface area contributed by atoms with Crippen LogP contribution in [0.5, 0.6) is 0 Å². The molecule has 2 nitrogen and oxygen atoms in total. The van der Waals surface area contributed by atoms with Crippen molar-refractivity contribution in [3.05, 3.63) is 47.7 Å². The largest absolute Gasteiger partial charge is 0.347 e. The summed E-state index contributed by atoms with van der Waals surface area (Å²) < 4.78 is 2.08. The fourth-order valence-corrected chi connectivity index (χ4v) is 1.83. The lowest BCUT2D eigenvalue weighted by atomic mass is 10.1. The summed E-state index contributed by atoms with van der Waals surface area (Å²) in [4.78, 5) is 0. The van der Waals surface area contributed by atoms with Crippen LogP contribution in [0, 0.1) is 18.3 Å². The molecule has 1 aromatic heterocycles. The molecule has 0 saturated heterocycles. The van der Waals surface area contributed by atoms with E-state index in [9.17, 15) is 0 Å². The molecule has 0 aliphatic rings. The van der Waals surface area contributed by atoms with Crippen LogP contribution < -0.4 is 0 Å². The average molecular weight is 210 g/mol. The van der Waals surface area contributed by atoms with Crippen molar-refractivity contribution in [1.82, 2.24) is 4.57 Å². The molecule has 0 spiro atoms. The molecule has 1 aromatic carbocycles. The van der Waals surface area contributed by atoms with Crippen LogP contribution in [0.2, 0.25) is 0 Å². The number of hydrogen-bond acceptors (Lipinski definition) is 1. The van der Waals surface area contributed by atoms with Crippen molar-refractivity contribution >= 4 is 0 Å². The number of hydrogen-bond donors (Lipinski definition) is 0. The second kappa shape index (κ2) is 4.24. The summed E-state index contributed by atoms with van der Waals surface area (Å²) in [6.45, 7) is 2.08. The maximum atomic E-state index is 8.70. The van der Waals surface area contributed by atoms with Gasteiger partial charge in [0.05, 0.1) is 12.5 Å². The topological polar surface area (TPSA) is 28.7 Å². The molecule has 0 aliphatic heterocycles. The molecule has 2 rings (SSSR count). The molecule has 80 valence electrons. The van der Waals surface area contributed by atoms with Crippen LogP contribution in [0.15, 0.2) is 36.4 Å². The van der Waals surface area contributed by atoms with Crippen LogP contribution in [-0.2, 0) is 13.5 Å². The van der Waals surface area contributed by atoms with Crippen molar-refractivity contribution in [3.63, 3.8) is 0 Å². The van der Waals surface area contributed by atoms with Gasteiger partial charge in [-0.05, 0) is 24.6 Å². The quantitative estimate of drug-likeness (QED) is 0.748. The molecular formula is C14H14N2. The molecule has 2 aromatic rings. The number of nitrogens with zero attached hydrogens (tertiary/aromatic N) is 2. The summed E-state index contributed by atoms with van der Waals surface area (Å²) in [5, 5.41) is 8.70. The van der Waals surface area contributed by atoms with Gasteiger partial charge in [-0.15, -0.1) is 0 Å². The van der Waals surface area contributed by atoms with Gasteiger partial charge < -0.3 is 4.57 Å². The highest BCUT2D eigenvalue weighted by atomic mass is 15.0. The van der Waals surface area contributed by atoms with E-state index >= 15 is 0 Å². The van der Waals surface area contributed by atoms with Gasteiger partial charge in [-0.25, -0.2) is 0 Å². The SMILES string of the molecule is Cc1ccc(-c2ccc(CC#N)n2C)cc1. The fraction of sp³-hybridized carbons (Fsp3) is 0.214. The lowest BCUT2D eigenvalue weighted by Crippen LogP contribution is -1.97. The Hall–Kier alpha value is -2.01. The molecule has 0 amide bonds. The third kappa shape index (κ3) is 1.85. The molecular weight excluding hydrogens is 196 g/mol. The minimum Gasteiger partial charge on any atom is -0.347 e. The highest BCUT2D eigenvalue weighted by Gasteiger charge is 2.05. The number of rotatable bonds is 2. The standard InChI is InChI=1S/C14H14N2/c1-11-3-5-12(6-4-11)14-8-7-13(9-10-15)16(14)2/h3-8H,9H2,1-2H3. The van der Waals surface area contributed by atoms with Crippen LogP contribution in [0.25, 0.3) is 11.3 Å². The van der Waals surface area contributed by atoms with Gasteiger partial charge >= 0.3 is 0 Å². The predicted octanol–water partition coefficient (Wildman–Crippen LogP) is 3.07. The smallest absolute Gasteiger partial charge is 0.0754 e. The highest BCUT2D eigenvalue weighted by molar-refractivity contribution is 5.61. The Balaban J connectivity index is 2.42. The Bertz CT molecular complexity index is 527. The van der Waals surface area contributed by atoms with E-state index in [-0.39, 0.29) is 0 Å². The molecule has 2 heteroatoms. The number of aromatic nitrogens is 1. The second-order valence-corrected chi connectivity index (χ2v) is 3.97. The van der Waals surface area contributed by atoms with Crippen LogP contribution in [0.1, 0.15) is 11.3 Å². The Morgan fingerprint density at radius 2 is 1.81 bits per heavy atom. The van der Waals surface area contributed by atoms with Crippen molar-refractivity contribution in [2.24, 2.45) is 7.05 Å². The van der Waals surface area contributed by atoms with E-state index in [1.54, 1.807) is 0 Å². The van der Waals surface area contributed by atoms with Gasteiger partial charge in [-0.1, -0.05) is 29.8 Å².